The van der Waals surface area contributed by atoms with Gasteiger partial charge < -0.3 is 4.90 Å². The maximum atomic E-state index is 14.2. The molecule has 4 rings (SSSR count). The number of benzene rings is 1. The fourth-order valence-corrected chi connectivity index (χ4v) is 4.18. The number of halogens is 2. The molecule has 2 aliphatic rings. The lowest BCUT2D eigenvalue weighted by atomic mass is 9.86. The van der Waals surface area contributed by atoms with E-state index in [-0.39, 0.29) is 23.4 Å². The molecule has 0 spiro atoms. The Kier molecular flexibility index (Phi) is 4.42. The minimum atomic E-state index is -0.472. The topological polar surface area (TPSA) is 46.1 Å². The summed E-state index contributed by atoms with van der Waals surface area (Å²) in [4.78, 5) is 23.6. The minimum Gasteiger partial charge on any atom is -0.335 e. The highest BCUT2D eigenvalue weighted by Gasteiger charge is 2.36. The summed E-state index contributed by atoms with van der Waals surface area (Å²) in [6, 6.07) is 3.09. The highest BCUT2D eigenvalue weighted by Crippen LogP contribution is 2.36. The molecule has 1 saturated heterocycles. The Labute approximate surface area is 151 Å². The summed E-state index contributed by atoms with van der Waals surface area (Å²) in [5.74, 6) is -0.295. The second kappa shape index (κ2) is 6.74. The van der Waals surface area contributed by atoms with Crippen LogP contribution >= 0.6 is 0 Å². The SMILES string of the molecule is Cc1ncc2c(n1)CCC(C(=O)N1CCCC1c1cc(F)ccc1F)C2. The summed E-state index contributed by atoms with van der Waals surface area (Å²) in [5.41, 5.74) is 2.33. The third-order valence-electron chi connectivity index (χ3n) is 5.47. The van der Waals surface area contributed by atoms with Gasteiger partial charge in [0.1, 0.15) is 17.5 Å². The summed E-state index contributed by atoms with van der Waals surface area (Å²) in [6.07, 6.45) is 5.38. The van der Waals surface area contributed by atoms with Gasteiger partial charge in [-0.05, 0) is 62.8 Å². The first-order chi connectivity index (χ1) is 12.5. The Morgan fingerprint density at radius 1 is 1.27 bits per heavy atom. The molecule has 0 saturated carbocycles. The summed E-state index contributed by atoms with van der Waals surface area (Å²) in [5, 5.41) is 0. The molecule has 6 heteroatoms. The van der Waals surface area contributed by atoms with Crippen LogP contribution in [-0.2, 0) is 17.6 Å². The smallest absolute Gasteiger partial charge is 0.226 e. The van der Waals surface area contributed by atoms with Crippen LogP contribution in [0.1, 0.15) is 47.9 Å². The van der Waals surface area contributed by atoms with Gasteiger partial charge >= 0.3 is 0 Å². The fourth-order valence-electron chi connectivity index (χ4n) is 4.18. The molecule has 1 aromatic carbocycles. The van der Waals surface area contributed by atoms with E-state index in [2.05, 4.69) is 9.97 Å². The lowest BCUT2D eigenvalue weighted by Crippen LogP contribution is -2.38. The van der Waals surface area contributed by atoms with Crippen LogP contribution in [-0.4, -0.2) is 27.3 Å². The third kappa shape index (κ3) is 3.08. The van der Waals surface area contributed by atoms with Crippen molar-refractivity contribution < 1.29 is 13.6 Å². The van der Waals surface area contributed by atoms with E-state index in [4.69, 9.17) is 0 Å². The Morgan fingerprint density at radius 2 is 2.12 bits per heavy atom. The summed E-state index contributed by atoms with van der Waals surface area (Å²) in [7, 11) is 0. The first-order valence-electron chi connectivity index (χ1n) is 9.10. The Bertz CT molecular complexity index is 855. The van der Waals surface area contributed by atoms with Crippen molar-refractivity contribution in [1.29, 1.82) is 0 Å². The van der Waals surface area contributed by atoms with Gasteiger partial charge in [-0.25, -0.2) is 18.7 Å². The van der Waals surface area contributed by atoms with Crippen LogP contribution in [0.2, 0.25) is 0 Å². The van der Waals surface area contributed by atoms with Crippen LogP contribution < -0.4 is 0 Å². The van der Waals surface area contributed by atoms with Crippen LogP contribution in [0.15, 0.2) is 24.4 Å². The standard InChI is InChI=1S/C20H21F2N3O/c1-12-23-11-14-9-13(4-7-18(14)24-12)20(26)25-8-2-3-19(25)16-10-15(21)5-6-17(16)22/h5-6,10-11,13,19H,2-4,7-9H2,1H3. The van der Waals surface area contributed by atoms with Gasteiger partial charge in [-0.3, -0.25) is 4.79 Å². The van der Waals surface area contributed by atoms with Crippen molar-refractivity contribution in [1.82, 2.24) is 14.9 Å². The van der Waals surface area contributed by atoms with Gasteiger partial charge in [-0.15, -0.1) is 0 Å². The molecule has 4 nitrogen and oxygen atoms in total. The number of carbonyl (C=O) groups is 1. The highest BCUT2D eigenvalue weighted by molar-refractivity contribution is 5.80. The maximum absolute atomic E-state index is 14.2. The van der Waals surface area contributed by atoms with Crippen molar-refractivity contribution in [2.24, 2.45) is 5.92 Å². The monoisotopic (exact) mass is 357 g/mol. The van der Waals surface area contributed by atoms with E-state index in [9.17, 15) is 13.6 Å². The number of rotatable bonds is 2. The second-order valence-electron chi connectivity index (χ2n) is 7.18. The molecule has 1 aliphatic carbocycles. The van der Waals surface area contributed by atoms with Gasteiger partial charge in [0.25, 0.3) is 0 Å². The third-order valence-corrected chi connectivity index (χ3v) is 5.47. The number of fused-ring (bicyclic) bond motifs is 1. The number of hydrogen-bond acceptors (Lipinski definition) is 3. The first kappa shape index (κ1) is 17.1. The lowest BCUT2D eigenvalue weighted by Gasteiger charge is -2.31. The summed E-state index contributed by atoms with van der Waals surface area (Å²) in [6.45, 7) is 2.45. The number of hydrogen-bond donors (Lipinski definition) is 0. The molecule has 0 N–H and O–H groups in total. The van der Waals surface area contributed by atoms with Gasteiger partial charge in [-0.1, -0.05) is 0 Å². The highest BCUT2D eigenvalue weighted by atomic mass is 19.1. The zero-order valence-corrected chi connectivity index (χ0v) is 14.7. The lowest BCUT2D eigenvalue weighted by molar-refractivity contribution is -0.137. The van der Waals surface area contributed by atoms with Gasteiger partial charge in [-0.2, -0.15) is 0 Å². The Hall–Kier alpha value is -2.37. The normalized spacial score (nSPS) is 22.3. The molecular formula is C20H21F2N3O. The molecule has 26 heavy (non-hydrogen) atoms. The number of nitrogens with zero attached hydrogens (tertiary/aromatic N) is 3. The molecule has 2 aromatic rings. The zero-order chi connectivity index (χ0) is 18.3. The molecule has 1 fully saturated rings. The van der Waals surface area contributed by atoms with Crippen LogP contribution in [0, 0.1) is 24.5 Å². The minimum absolute atomic E-state index is 0.0300. The van der Waals surface area contributed by atoms with E-state index in [1.807, 2.05) is 13.1 Å². The van der Waals surface area contributed by atoms with E-state index >= 15 is 0 Å². The van der Waals surface area contributed by atoms with E-state index in [0.29, 0.717) is 19.4 Å². The molecule has 0 bridgehead atoms. The predicted octanol–water partition coefficient (Wildman–Crippen LogP) is 3.53. The second-order valence-corrected chi connectivity index (χ2v) is 7.18. The van der Waals surface area contributed by atoms with Crippen LogP contribution in [0.5, 0.6) is 0 Å². The Morgan fingerprint density at radius 3 is 2.96 bits per heavy atom. The van der Waals surface area contributed by atoms with Gasteiger partial charge in [0, 0.05) is 29.9 Å². The fraction of sp³-hybridized carbons (Fsp3) is 0.450. The largest absolute Gasteiger partial charge is 0.335 e. The molecule has 2 atom stereocenters. The molecule has 1 aromatic heterocycles. The first-order valence-corrected chi connectivity index (χ1v) is 9.10. The number of carbonyl (C=O) groups excluding carboxylic acids is 1. The quantitative estimate of drug-likeness (QED) is 0.826. The molecule has 136 valence electrons. The van der Waals surface area contributed by atoms with E-state index in [0.717, 1.165) is 48.5 Å². The van der Waals surface area contributed by atoms with Crippen molar-refractivity contribution in [2.75, 3.05) is 6.54 Å². The average Bonchev–Trinajstić information content (AvgIpc) is 3.12. The number of likely N-dealkylation sites (tertiary alicyclic amines) is 1. The van der Waals surface area contributed by atoms with E-state index < -0.39 is 11.6 Å². The van der Waals surface area contributed by atoms with Gasteiger partial charge in [0.15, 0.2) is 0 Å². The predicted molar refractivity (Wildman–Crippen MR) is 92.3 cm³/mol. The van der Waals surface area contributed by atoms with Gasteiger partial charge in [0.05, 0.1) is 6.04 Å². The number of aromatic nitrogens is 2. The summed E-state index contributed by atoms with van der Waals surface area (Å²) >= 11 is 0. The number of amides is 1. The average molecular weight is 357 g/mol. The van der Waals surface area contributed by atoms with Crippen molar-refractivity contribution in [3.63, 3.8) is 0 Å². The maximum Gasteiger partial charge on any atom is 0.226 e. The number of aryl methyl sites for hydroxylation is 2. The zero-order valence-electron chi connectivity index (χ0n) is 14.7. The van der Waals surface area contributed by atoms with Crippen LogP contribution in [0.25, 0.3) is 0 Å². The van der Waals surface area contributed by atoms with Crippen molar-refractivity contribution >= 4 is 5.91 Å². The van der Waals surface area contributed by atoms with Crippen LogP contribution in [0.4, 0.5) is 8.78 Å². The molecule has 2 unspecified atom stereocenters. The van der Waals surface area contributed by atoms with Crippen molar-refractivity contribution in [2.45, 2.75) is 45.1 Å². The Balaban J connectivity index is 1.56. The molecule has 1 aliphatic heterocycles. The molecule has 0 radical (unpaired) electrons. The van der Waals surface area contributed by atoms with Crippen molar-refractivity contribution in [3.05, 3.63) is 58.7 Å². The molecule has 2 heterocycles. The van der Waals surface area contributed by atoms with E-state index in [1.165, 1.54) is 6.07 Å². The van der Waals surface area contributed by atoms with Gasteiger partial charge in [0.2, 0.25) is 5.91 Å². The summed E-state index contributed by atoms with van der Waals surface area (Å²) < 4.78 is 27.8. The van der Waals surface area contributed by atoms with Crippen LogP contribution in [0.3, 0.4) is 0 Å². The van der Waals surface area contributed by atoms with E-state index in [1.54, 1.807) is 4.90 Å². The molecular weight excluding hydrogens is 336 g/mol. The van der Waals surface area contributed by atoms with Crippen molar-refractivity contribution in [3.8, 4) is 0 Å². The molecule has 1 amide bonds.